The molecule has 0 spiro atoms. The second kappa shape index (κ2) is 7.62. The van der Waals surface area contributed by atoms with Gasteiger partial charge in [0.05, 0.1) is 23.9 Å². The molecule has 3 rings (SSSR count). The Kier molecular flexibility index (Phi) is 5.30. The highest BCUT2D eigenvalue weighted by Gasteiger charge is 2.14. The number of anilines is 2. The fourth-order valence-electron chi connectivity index (χ4n) is 2.13. The molecule has 0 bridgehead atoms. The predicted octanol–water partition coefficient (Wildman–Crippen LogP) is 4.24. The zero-order valence-corrected chi connectivity index (χ0v) is 15.6. The number of rotatable bonds is 5. The maximum Gasteiger partial charge on any atom is 0.260 e. The maximum atomic E-state index is 12.1. The molecular formula is C17H14BrN3O3S. The molecule has 128 valence electrons. The summed E-state index contributed by atoms with van der Waals surface area (Å²) >= 11 is 4.62. The third-order valence-electron chi connectivity index (χ3n) is 3.35. The predicted molar refractivity (Wildman–Crippen MR) is 100.0 cm³/mol. The van der Waals surface area contributed by atoms with Crippen molar-refractivity contribution in [3.05, 3.63) is 63.5 Å². The van der Waals surface area contributed by atoms with Crippen molar-refractivity contribution < 1.29 is 14.0 Å². The number of nitrogens with one attached hydrogen (secondary N) is 2. The Morgan fingerprint density at radius 3 is 2.64 bits per heavy atom. The number of aromatic nitrogens is 1. The lowest BCUT2D eigenvalue weighted by atomic mass is 10.2. The second-order valence-electron chi connectivity index (χ2n) is 5.22. The van der Waals surface area contributed by atoms with E-state index in [4.69, 9.17) is 4.42 Å². The van der Waals surface area contributed by atoms with Gasteiger partial charge in [-0.1, -0.05) is 15.9 Å². The van der Waals surface area contributed by atoms with Gasteiger partial charge in [-0.25, -0.2) is 4.98 Å². The van der Waals surface area contributed by atoms with Crippen LogP contribution >= 0.6 is 27.3 Å². The molecule has 2 heterocycles. The fraction of sp³-hybridized carbons (Fsp3) is 0.118. The number of hydrogen-bond donors (Lipinski definition) is 2. The quantitative estimate of drug-likeness (QED) is 0.647. The Labute approximate surface area is 156 Å². The van der Waals surface area contributed by atoms with Crippen LogP contribution in [-0.2, 0) is 11.2 Å². The van der Waals surface area contributed by atoms with Crippen LogP contribution < -0.4 is 10.6 Å². The van der Waals surface area contributed by atoms with E-state index in [-0.39, 0.29) is 18.2 Å². The van der Waals surface area contributed by atoms with Crippen LogP contribution in [0.15, 0.2) is 50.9 Å². The van der Waals surface area contributed by atoms with Gasteiger partial charge >= 0.3 is 0 Å². The number of thiazole rings is 1. The number of amides is 2. The lowest BCUT2D eigenvalue weighted by molar-refractivity contribution is -0.115. The molecule has 0 aliphatic carbocycles. The zero-order chi connectivity index (χ0) is 17.8. The Morgan fingerprint density at radius 2 is 1.96 bits per heavy atom. The molecule has 0 saturated carbocycles. The molecular weight excluding hydrogens is 406 g/mol. The average molecular weight is 420 g/mol. The first-order valence-electron chi connectivity index (χ1n) is 7.36. The highest BCUT2D eigenvalue weighted by Crippen LogP contribution is 2.19. The maximum absolute atomic E-state index is 12.1. The van der Waals surface area contributed by atoms with Crippen LogP contribution in [0.2, 0.25) is 0 Å². The van der Waals surface area contributed by atoms with E-state index in [1.54, 1.807) is 18.4 Å². The molecule has 8 heteroatoms. The number of hydrogen-bond acceptors (Lipinski definition) is 5. The fourth-order valence-corrected chi connectivity index (χ4v) is 3.10. The van der Waals surface area contributed by atoms with Gasteiger partial charge < -0.3 is 9.73 Å². The Balaban J connectivity index is 1.58. The smallest absolute Gasteiger partial charge is 0.260 e. The Hall–Kier alpha value is -2.45. The Bertz CT molecular complexity index is 902. The average Bonchev–Trinajstić information content (AvgIpc) is 3.18. The van der Waals surface area contributed by atoms with E-state index < -0.39 is 0 Å². The number of halogens is 1. The van der Waals surface area contributed by atoms with Gasteiger partial charge in [-0.3, -0.25) is 14.9 Å². The summed E-state index contributed by atoms with van der Waals surface area (Å²) in [7, 11) is 0. The Morgan fingerprint density at radius 1 is 1.20 bits per heavy atom. The third-order valence-corrected chi connectivity index (χ3v) is 4.68. The van der Waals surface area contributed by atoms with Crippen LogP contribution in [-0.4, -0.2) is 16.8 Å². The number of furan rings is 1. The van der Waals surface area contributed by atoms with Crippen LogP contribution in [0, 0.1) is 6.92 Å². The van der Waals surface area contributed by atoms with Crippen LogP contribution in [0.25, 0.3) is 0 Å². The first kappa shape index (κ1) is 17.4. The summed E-state index contributed by atoms with van der Waals surface area (Å²) < 4.78 is 6.05. The normalized spacial score (nSPS) is 10.5. The van der Waals surface area contributed by atoms with Crippen LogP contribution in [0.5, 0.6) is 0 Å². The summed E-state index contributed by atoms with van der Waals surface area (Å²) in [4.78, 5) is 28.5. The minimum absolute atomic E-state index is 0.132. The molecule has 0 aliphatic rings. The number of aryl methyl sites for hydroxylation is 1. The minimum atomic E-state index is -0.286. The standard InChI is InChI=1S/C17H14BrN3O3S/c1-10-14(6-7-24-10)16(23)21-17-20-13(9-25-17)8-15(22)19-12-4-2-11(18)3-5-12/h2-7,9H,8H2,1H3,(H,19,22)(H,20,21,23). The van der Waals surface area contributed by atoms with Crippen molar-refractivity contribution in [3.63, 3.8) is 0 Å². The van der Waals surface area contributed by atoms with Crippen LogP contribution in [0.3, 0.4) is 0 Å². The molecule has 0 aliphatic heterocycles. The van der Waals surface area contributed by atoms with E-state index in [0.717, 1.165) is 4.47 Å². The molecule has 1 aromatic carbocycles. The van der Waals surface area contributed by atoms with E-state index in [1.807, 2.05) is 24.3 Å². The minimum Gasteiger partial charge on any atom is -0.469 e. The molecule has 2 N–H and O–H groups in total. The van der Waals surface area contributed by atoms with E-state index in [9.17, 15) is 9.59 Å². The number of nitrogens with zero attached hydrogens (tertiary/aromatic N) is 1. The van der Waals surface area contributed by atoms with Gasteiger partial charge in [0.15, 0.2) is 5.13 Å². The zero-order valence-electron chi connectivity index (χ0n) is 13.2. The SMILES string of the molecule is Cc1occc1C(=O)Nc1nc(CC(=O)Nc2ccc(Br)cc2)cs1. The monoisotopic (exact) mass is 419 g/mol. The topological polar surface area (TPSA) is 84.2 Å². The molecule has 25 heavy (non-hydrogen) atoms. The summed E-state index contributed by atoms with van der Waals surface area (Å²) in [6.45, 7) is 1.72. The van der Waals surface area contributed by atoms with Gasteiger partial charge in [0.25, 0.3) is 5.91 Å². The number of benzene rings is 1. The lowest BCUT2D eigenvalue weighted by Gasteiger charge is -2.04. The van der Waals surface area contributed by atoms with Gasteiger partial charge in [0.1, 0.15) is 5.76 Å². The van der Waals surface area contributed by atoms with Crippen molar-refractivity contribution >= 4 is 49.9 Å². The van der Waals surface area contributed by atoms with Gasteiger partial charge in [0, 0.05) is 15.5 Å². The molecule has 0 atom stereocenters. The van der Waals surface area contributed by atoms with E-state index in [1.165, 1.54) is 17.6 Å². The van der Waals surface area contributed by atoms with Gasteiger partial charge in [-0.05, 0) is 37.3 Å². The molecule has 3 aromatic rings. The van der Waals surface area contributed by atoms with Crippen LogP contribution in [0.1, 0.15) is 21.8 Å². The largest absolute Gasteiger partial charge is 0.469 e. The molecule has 0 saturated heterocycles. The highest BCUT2D eigenvalue weighted by molar-refractivity contribution is 9.10. The van der Waals surface area contributed by atoms with E-state index in [2.05, 4.69) is 31.5 Å². The molecule has 2 aromatic heterocycles. The number of carbonyl (C=O) groups excluding carboxylic acids is 2. The lowest BCUT2D eigenvalue weighted by Crippen LogP contribution is -2.15. The molecule has 6 nitrogen and oxygen atoms in total. The van der Waals surface area contributed by atoms with Crippen molar-refractivity contribution in [3.8, 4) is 0 Å². The van der Waals surface area contributed by atoms with Crippen molar-refractivity contribution in [2.45, 2.75) is 13.3 Å². The van der Waals surface area contributed by atoms with E-state index in [0.29, 0.717) is 27.8 Å². The molecule has 0 fully saturated rings. The van der Waals surface area contributed by atoms with Gasteiger partial charge in [0.2, 0.25) is 5.91 Å². The van der Waals surface area contributed by atoms with Gasteiger partial charge in [-0.2, -0.15) is 0 Å². The third kappa shape index (κ3) is 4.55. The van der Waals surface area contributed by atoms with Crippen molar-refractivity contribution in [1.82, 2.24) is 4.98 Å². The summed E-state index contributed by atoms with van der Waals surface area (Å²) in [5, 5.41) is 7.70. The van der Waals surface area contributed by atoms with Crippen molar-refractivity contribution in [2.24, 2.45) is 0 Å². The first-order chi connectivity index (χ1) is 12.0. The molecule has 0 radical (unpaired) electrons. The van der Waals surface area contributed by atoms with Gasteiger partial charge in [-0.15, -0.1) is 11.3 Å². The molecule has 0 unspecified atom stereocenters. The number of carbonyl (C=O) groups is 2. The summed E-state index contributed by atoms with van der Waals surface area (Å²) in [5.41, 5.74) is 1.77. The summed E-state index contributed by atoms with van der Waals surface area (Å²) in [6.07, 6.45) is 1.59. The molecule has 2 amide bonds. The summed E-state index contributed by atoms with van der Waals surface area (Å²) in [5.74, 6) is 0.0887. The van der Waals surface area contributed by atoms with E-state index >= 15 is 0 Å². The first-order valence-corrected chi connectivity index (χ1v) is 9.04. The summed E-state index contributed by atoms with van der Waals surface area (Å²) in [6, 6.07) is 8.92. The van der Waals surface area contributed by atoms with Crippen molar-refractivity contribution in [2.75, 3.05) is 10.6 Å². The van der Waals surface area contributed by atoms with Crippen LogP contribution in [0.4, 0.5) is 10.8 Å². The second-order valence-corrected chi connectivity index (χ2v) is 6.99. The highest BCUT2D eigenvalue weighted by atomic mass is 79.9. The van der Waals surface area contributed by atoms with Crippen molar-refractivity contribution in [1.29, 1.82) is 0 Å².